The summed E-state index contributed by atoms with van der Waals surface area (Å²) in [5, 5.41) is 13.0. The number of H-pyrrole nitrogens is 1. The molecule has 6 nitrogen and oxygen atoms in total. The van der Waals surface area contributed by atoms with Crippen molar-refractivity contribution in [3.8, 4) is 0 Å². The van der Waals surface area contributed by atoms with Crippen LogP contribution in [0.3, 0.4) is 0 Å². The number of nitro benzene ring substituents is 1. The van der Waals surface area contributed by atoms with Gasteiger partial charge in [0, 0.05) is 24.5 Å². The molecule has 3 aromatic carbocycles. The third kappa shape index (κ3) is 5.78. The lowest BCUT2D eigenvalue weighted by Crippen LogP contribution is -2.07. The van der Waals surface area contributed by atoms with Crippen molar-refractivity contribution in [3.05, 3.63) is 112 Å². The van der Waals surface area contributed by atoms with Crippen LogP contribution in [0.15, 0.2) is 91.3 Å². The van der Waals surface area contributed by atoms with E-state index in [1.165, 1.54) is 40.6 Å². The number of aromatic amines is 1. The molecule has 0 spiro atoms. The Balaban J connectivity index is 0.000000448. The molecule has 1 aromatic heterocycles. The summed E-state index contributed by atoms with van der Waals surface area (Å²) in [5.41, 5.74) is 1.49. The van der Waals surface area contributed by atoms with Crippen LogP contribution in [0.2, 0.25) is 0 Å². The van der Waals surface area contributed by atoms with Gasteiger partial charge in [0.05, 0.1) is 17.1 Å². The van der Waals surface area contributed by atoms with Gasteiger partial charge in [0.2, 0.25) is 0 Å². The molecule has 1 heterocycles. The largest absolute Gasteiger partial charge is 0.462 e. The number of rotatable bonds is 6. The number of carbonyl (C=O) groups excluding carboxylic acids is 1. The first-order chi connectivity index (χ1) is 14.6. The number of esters is 1. The first-order valence-corrected chi connectivity index (χ1v) is 9.61. The summed E-state index contributed by atoms with van der Waals surface area (Å²) in [6.45, 7) is 0.305. The molecule has 0 aliphatic heterocycles. The number of ether oxygens (including phenoxy) is 1. The minimum atomic E-state index is -0.501. The van der Waals surface area contributed by atoms with Gasteiger partial charge < -0.3 is 9.72 Å². The molecule has 152 valence electrons. The lowest BCUT2D eigenvalue weighted by molar-refractivity contribution is -0.384. The number of aryl methyl sites for hydroxylation is 1. The van der Waals surface area contributed by atoms with E-state index in [4.69, 9.17) is 4.74 Å². The molecule has 0 radical (unpaired) electrons. The number of nitro groups is 1. The van der Waals surface area contributed by atoms with E-state index in [-0.39, 0.29) is 5.69 Å². The van der Waals surface area contributed by atoms with Crippen LogP contribution in [0.5, 0.6) is 0 Å². The Labute approximate surface area is 174 Å². The van der Waals surface area contributed by atoms with Crippen LogP contribution < -0.4 is 0 Å². The maximum absolute atomic E-state index is 12.0. The lowest BCUT2D eigenvalue weighted by Gasteiger charge is -2.07. The Morgan fingerprint density at radius 2 is 1.60 bits per heavy atom. The highest BCUT2D eigenvalue weighted by Crippen LogP contribution is 2.20. The van der Waals surface area contributed by atoms with Crippen LogP contribution in [0.1, 0.15) is 22.3 Å². The average Bonchev–Trinajstić information content (AvgIpc) is 3.37. The third-order valence-electron chi connectivity index (χ3n) is 4.51. The van der Waals surface area contributed by atoms with Gasteiger partial charge in [-0.05, 0) is 53.4 Å². The summed E-state index contributed by atoms with van der Waals surface area (Å²) < 4.78 is 5.25. The molecule has 0 aliphatic carbocycles. The zero-order valence-corrected chi connectivity index (χ0v) is 16.4. The van der Waals surface area contributed by atoms with Gasteiger partial charge in [-0.15, -0.1) is 0 Å². The molecule has 0 saturated heterocycles. The van der Waals surface area contributed by atoms with Crippen LogP contribution >= 0.6 is 0 Å². The molecule has 0 fully saturated rings. The molecule has 0 amide bonds. The molecule has 6 heteroatoms. The van der Waals surface area contributed by atoms with E-state index in [2.05, 4.69) is 29.2 Å². The predicted octanol–water partition coefficient (Wildman–Crippen LogP) is 5.55. The normalized spacial score (nSPS) is 10.1. The van der Waals surface area contributed by atoms with E-state index in [9.17, 15) is 14.9 Å². The van der Waals surface area contributed by atoms with Crippen molar-refractivity contribution >= 4 is 22.4 Å². The Hall–Kier alpha value is -3.93. The second-order valence-electron chi connectivity index (χ2n) is 6.57. The highest BCUT2D eigenvalue weighted by atomic mass is 16.6. The highest BCUT2D eigenvalue weighted by molar-refractivity contribution is 5.89. The number of nitrogens with zero attached hydrogens (tertiary/aromatic N) is 1. The Morgan fingerprint density at radius 1 is 0.900 bits per heavy atom. The van der Waals surface area contributed by atoms with Gasteiger partial charge in [0.15, 0.2) is 0 Å². The molecule has 4 aromatic rings. The minimum absolute atomic E-state index is 0.0486. The topological polar surface area (TPSA) is 85.2 Å². The molecular weight excluding hydrogens is 380 g/mol. The number of hydrogen-bond donors (Lipinski definition) is 1. The molecule has 0 unspecified atom stereocenters. The molecule has 0 bridgehead atoms. The second kappa shape index (κ2) is 10.6. The van der Waals surface area contributed by atoms with E-state index in [1.54, 1.807) is 0 Å². The van der Waals surface area contributed by atoms with E-state index >= 15 is 0 Å². The van der Waals surface area contributed by atoms with Gasteiger partial charge >= 0.3 is 5.97 Å². The molecule has 4 rings (SSSR count). The van der Waals surface area contributed by atoms with Crippen molar-refractivity contribution in [1.82, 2.24) is 4.98 Å². The van der Waals surface area contributed by atoms with Crippen LogP contribution in [0, 0.1) is 10.1 Å². The Morgan fingerprint density at radius 3 is 2.27 bits per heavy atom. The van der Waals surface area contributed by atoms with Gasteiger partial charge in [-0.3, -0.25) is 10.1 Å². The summed E-state index contributed by atoms with van der Waals surface area (Å²) in [6, 6.07) is 23.7. The smallest absolute Gasteiger partial charge is 0.338 e. The van der Waals surface area contributed by atoms with Crippen molar-refractivity contribution in [2.24, 2.45) is 0 Å². The molecule has 0 aliphatic rings. The van der Waals surface area contributed by atoms with Gasteiger partial charge in [0.25, 0.3) is 5.69 Å². The summed E-state index contributed by atoms with van der Waals surface area (Å²) >= 11 is 0. The number of hydrogen-bond acceptors (Lipinski definition) is 4. The quantitative estimate of drug-likeness (QED) is 0.198. The summed E-state index contributed by atoms with van der Waals surface area (Å²) in [5.74, 6) is -0.465. The number of carbonyl (C=O) groups is 1. The molecule has 30 heavy (non-hydrogen) atoms. The van der Waals surface area contributed by atoms with Gasteiger partial charge in [-0.1, -0.05) is 42.5 Å². The van der Waals surface area contributed by atoms with Crippen molar-refractivity contribution in [2.75, 3.05) is 6.61 Å². The van der Waals surface area contributed by atoms with Crippen LogP contribution in [-0.2, 0) is 11.2 Å². The number of fused-ring (bicyclic) bond motifs is 1. The number of non-ortho nitro benzene ring substituents is 1. The van der Waals surface area contributed by atoms with E-state index in [1.807, 2.05) is 42.7 Å². The zero-order chi connectivity index (χ0) is 21.2. The Kier molecular flexibility index (Phi) is 7.33. The SMILES string of the molecule is O=C(OCCCc1cccc2ccccc12)c1ccc([N+](=O)[O-])cc1.c1cc[nH]c1. The minimum Gasteiger partial charge on any atom is -0.462 e. The fourth-order valence-electron chi connectivity index (χ4n) is 3.02. The number of aromatic nitrogens is 1. The first-order valence-electron chi connectivity index (χ1n) is 9.61. The van der Waals surface area contributed by atoms with Crippen molar-refractivity contribution in [1.29, 1.82) is 0 Å². The van der Waals surface area contributed by atoms with Crippen molar-refractivity contribution in [3.63, 3.8) is 0 Å². The predicted molar refractivity (Wildman–Crippen MR) is 116 cm³/mol. The maximum atomic E-state index is 12.0. The highest BCUT2D eigenvalue weighted by Gasteiger charge is 2.10. The fourth-order valence-corrected chi connectivity index (χ4v) is 3.02. The van der Waals surface area contributed by atoms with E-state index in [0.717, 1.165) is 6.42 Å². The number of benzene rings is 3. The standard InChI is InChI=1S/C20H17NO4.C4H5N/c22-20(17-10-12-18(13-11-17)21(23)24)25-14-4-8-16-7-3-6-15-5-1-2-9-19(15)16;1-2-4-5-3-1/h1-3,5-7,9-13H,4,8,14H2;1-5H. The van der Waals surface area contributed by atoms with Gasteiger partial charge in [0.1, 0.15) is 0 Å². The van der Waals surface area contributed by atoms with Crippen molar-refractivity contribution < 1.29 is 14.5 Å². The number of nitrogens with one attached hydrogen (secondary N) is 1. The second-order valence-corrected chi connectivity index (χ2v) is 6.57. The lowest BCUT2D eigenvalue weighted by atomic mass is 10.0. The molecule has 0 atom stereocenters. The van der Waals surface area contributed by atoms with E-state index < -0.39 is 10.9 Å². The van der Waals surface area contributed by atoms with Crippen LogP contribution in [0.4, 0.5) is 5.69 Å². The van der Waals surface area contributed by atoms with Crippen LogP contribution in [0.25, 0.3) is 10.8 Å². The van der Waals surface area contributed by atoms with Gasteiger partial charge in [-0.25, -0.2) is 4.79 Å². The first kappa shape index (κ1) is 20.8. The zero-order valence-electron chi connectivity index (χ0n) is 16.4. The maximum Gasteiger partial charge on any atom is 0.338 e. The Bertz CT molecular complexity index is 1070. The average molecular weight is 402 g/mol. The molecular formula is C24H22N2O4. The van der Waals surface area contributed by atoms with Crippen LogP contribution in [-0.4, -0.2) is 22.5 Å². The monoisotopic (exact) mass is 402 g/mol. The van der Waals surface area contributed by atoms with Crippen molar-refractivity contribution in [2.45, 2.75) is 12.8 Å². The fraction of sp³-hybridized carbons (Fsp3) is 0.125. The van der Waals surface area contributed by atoms with Gasteiger partial charge in [-0.2, -0.15) is 0 Å². The van der Waals surface area contributed by atoms with E-state index in [0.29, 0.717) is 18.6 Å². The summed E-state index contributed by atoms with van der Waals surface area (Å²) in [4.78, 5) is 24.9. The summed E-state index contributed by atoms with van der Waals surface area (Å²) in [6.07, 6.45) is 5.28. The summed E-state index contributed by atoms with van der Waals surface area (Å²) in [7, 11) is 0. The molecule has 0 saturated carbocycles. The third-order valence-corrected chi connectivity index (χ3v) is 4.51. The molecule has 1 N–H and O–H groups in total.